The number of halogens is 1. The molecule has 1 unspecified atom stereocenters. The van der Waals surface area contributed by atoms with E-state index in [2.05, 4.69) is 4.57 Å². The number of carbonyl (C=O) groups is 1. The van der Waals surface area contributed by atoms with Crippen molar-refractivity contribution in [2.75, 3.05) is 20.8 Å². The number of para-hydroxylation sites is 2. The maximum absolute atomic E-state index is 14.7. The largest absolute Gasteiger partial charge is 0.493 e. The van der Waals surface area contributed by atoms with Crippen LogP contribution in [0, 0.1) is 12.7 Å². The third-order valence-corrected chi connectivity index (χ3v) is 9.89. The first kappa shape index (κ1) is 32.8. The molecular weight excluding hydrogens is 654 g/mol. The zero-order chi connectivity index (χ0) is 34.9. The van der Waals surface area contributed by atoms with Gasteiger partial charge >= 0.3 is 5.97 Å². The number of rotatable bonds is 9. The van der Waals surface area contributed by atoms with Gasteiger partial charge in [-0.15, -0.1) is 0 Å². The number of thiazole rings is 1. The van der Waals surface area contributed by atoms with Gasteiger partial charge in [0.05, 0.1) is 36.6 Å². The van der Waals surface area contributed by atoms with E-state index in [9.17, 15) is 14.0 Å². The Hall–Kier alpha value is -5.74. The Kier molecular flexibility index (Phi) is 8.95. The van der Waals surface area contributed by atoms with Gasteiger partial charge in [-0.2, -0.15) is 0 Å². The van der Waals surface area contributed by atoms with Crippen molar-refractivity contribution >= 4 is 40.0 Å². The molecule has 50 heavy (non-hydrogen) atoms. The molecular formula is C40H34FN3O5S. The van der Waals surface area contributed by atoms with E-state index in [0.717, 1.165) is 27.7 Å². The Morgan fingerprint density at radius 1 is 0.940 bits per heavy atom. The molecule has 8 nitrogen and oxygen atoms in total. The van der Waals surface area contributed by atoms with Crippen LogP contribution in [0.15, 0.2) is 112 Å². The number of methoxy groups -OCH3 is 2. The molecule has 1 atom stereocenters. The predicted octanol–water partition coefficient (Wildman–Crippen LogP) is 6.40. The summed E-state index contributed by atoms with van der Waals surface area (Å²) in [5, 5.41) is 0.973. The Balaban J connectivity index is 1.50. The Bertz CT molecular complexity index is 2460. The topological polar surface area (TPSA) is 84.1 Å². The van der Waals surface area contributed by atoms with Crippen LogP contribution < -0.4 is 24.4 Å². The van der Waals surface area contributed by atoms with Crippen molar-refractivity contribution in [2.24, 2.45) is 4.99 Å². The molecule has 3 heterocycles. The normalized spacial score (nSPS) is 14.4. The highest BCUT2D eigenvalue weighted by Gasteiger charge is 2.37. The molecule has 0 fully saturated rings. The lowest BCUT2D eigenvalue weighted by Gasteiger charge is -2.27. The fourth-order valence-electron chi connectivity index (χ4n) is 6.61. The van der Waals surface area contributed by atoms with Crippen LogP contribution in [0.1, 0.15) is 40.9 Å². The lowest BCUT2D eigenvalue weighted by Crippen LogP contribution is -2.40. The van der Waals surface area contributed by atoms with Gasteiger partial charge in [0.1, 0.15) is 11.9 Å². The van der Waals surface area contributed by atoms with E-state index in [0.29, 0.717) is 44.2 Å². The second-order valence-corrected chi connectivity index (χ2v) is 12.8. The monoisotopic (exact) mass is 687 g/mol. The van der Waals surface area contributed by atoms with Gasteiger partial charge in [0, 0.05) is 39.8 Å². The van der Waals surface area contributed by atoms with Gasteiger partial charge in [0.15, 0.2) is 16.3 Å². The van der Waals surface area contributed by atoms with Crippen molar-refractivity contribution in [3.63, 3.8) is 0 Å². The number of hydrogen-bond donors (Lipinski definition) is 0. The summed E-state index contributed by atoms with van der Waals surface area (Å²) in [4.78, 5) is 34.0. The third-order valence-electron chi connectivity index (χ3n) is 8.91. The highest BCUT2D eigenvalue weighted by Crippen LogP contribution is 2.42. The molecule has 0 radical (unpaired) electrons. The second-order valence-electron chi connectivity index (χ2n) is 11.7. The molecule has 0 spiro atoms. The van der Waals surface area contributed by atoms with E-state index >= 15 is 0 Å². The zero-order valence-corrected chi connectivity index (χ0v) is 28.8. The minimum absolute atomic E-state index is 0.137. The number of ether oxygens (including phenoxy) is 3. The van der Waals surface area contributed by atoms with Crippen LogP contribution in [0.4, 0.5) is 4.39 Å². The molecule has 1 aliphatic heterocycles. The predicted molar refractivity (Wildman–Crippen MR) is 193 cm³/mol. The van der Waals surface area contributed by atoms with Crippen LogP contribution in [-0.2, 0) is 16.1 Å². The maximum atomic E-state index is 14.7. The smallest absolute Gasteiger partial charge is 0.338 e. The van der Waals surface area contributed by atoms with E-state index in [-0.39, 0.29) is 23.6 Å². The van der Waals surface area contributed by atoms with Gasteiger partial charge in [-0.25, -0.2) is 14.2 Å². The molecule has 0 N–H and O–H groups in total. The summed E-state index contributed by atoms with van der Waals surface area (Å²) in [6.45, 7) is 4.42. The van der Waals surface area contributed by atoms with Gasteiger partial charge in [0.25, 0.3) is 5.56 Å². The van der Waals surface area contributed by atoms with E-state index in [1.807, 2.05) is 73.7 Å². The van der Waals surface area contributed by atoms with Gasteiger partial charge < -0.3 is 18.8 Å². The summed E-state index contributed by atoms with van der Waals surface area (Å²) in [6.07, 6.45) is 1.90. The summed E-state index contributed by atoms with van der Waals surface area (Å²) >= 11 is 1.26. The summed E-state index contributed by atoms with van der Waals surface area (Å²) in [7, 11) is 3.07. The Morgan fingerprint density at radius 3 is 2.40 bits per heavy atom. The zero-order valence-electron chi connectivity index (χ0n) is 28.0. The first-order valence-electron chi connectivity index (χ1n) is 16.2. The van der Waals surface area contributed by atoms with Crippen molar-refractivity contribution < 1.29 is 23.4 Å². The van der Waals surface area contributed by atoms with Crippen LogP contribution in [0.5, 0.6) is 11.5 Å². The molecule has 0 bridgehead atoms. The van der Waals surface area contributed by atoms with E-state index < -0.39 is 12.0 Å². The Morgan fingerprint density at radius 2 is 1.68 bits per heavy atom. The molecule has 2 aromatic heterocycles. The second kappa shape index (κ2) is 13.6. The average Bonchev–Trinajstić information content (AvgIpc) is 3.60. The standard InChI is InChI=1S/C40H34FN3O5S/c1-5-49-39(46)34-35(26-12-7-6-8-13-26)42-40-44(36(34)29-15-11-17-32(47-3)37(29)48-4)38(45)33(50-40)22-30-24(2)43(31-16-10-9-14-28(30)31)23-25-18-20-27(41)21-19-25/h6-22,36H,5,23H2,1-4H3/b33-22-. The lowest BCUT2D eigenvalue weighted by atomic mass is 9.92. The van der Waals surface area contributed by atoms with Crippen LogP contribution in [-0.4, -0.2) is 35.9 Å². The number of aromatic nitrogens is 2. The van der Waals surface area contributed by atoms with E-state index in [1.54, 1.807) is 42.9 Å². The number of benzene rings is 4. The summed E-state index contributed by atoms with van der Waals surface area (Å²) in [6, 6.07) is 28.3. The third kappa shape index (κ3) is 5.71. The lowest BCUT2D eigenvalue weighted by molar-refractivity contribution is -0.138. The summed E-state index contributed by atoms with van der Waals surface area (Å²) in [5.74, 6) is -0.0205. The number of hydrogen-bond acceptors (Lipinski definition) is 7. The van der Waals surface area contributed by atoms with Gasteiger partial charge in [-0.05, 0) is 49.8 Å². The first-order valence-corrected chi connectivity index (χ1v) is 17.0. The average molecular weight is 688 g/mol. The summed E-state index contributed by atoms with van der Waals surface area (Å²) in [5.41, 5.74) is 5.36. The van der Waals surface area contributed by atoms with Crippen molar-refractivity contribution in [1.82, 2.24) is 9.13 Å². The van der Waals surface area contributed by atoms with Crippen LogP contribution in [0.2, 0.25) is 0 Å². The number of nitrogens with zero attached hydrogens (tertiary/aromatic N) is 3. The molecule has 6 aromatic rings. The van der Waals surface area contributed by atoms with Gasteiger partial charge in [-0.3, -0.25) is 9.36 Å². The molecule has 0 amide bonds. The molecule has 4 aromatic carbocycles. The first-order chi connectivity index (χ1) is 24.3. The molecule has 0 saturated carbocycles. The molecule has 10 heteroatoms. The van der Waals surface area contributed by atoms with Crippen molar-refractivity contribution in [3.8, 4) is 11.5 Å². The SMILES string of the molecule is CCOC(=O)C1=C(c2ccccc2)N=c2s/c(=C\c3c(C)n(Cc4ccc(F)cc4)c4ccccc34)c(=O)n2C1c1cccc(OC)c1OC. The van der Waals surface area contributed by atoms with Crippen molar-refractivity contribution in [1.29, 1.82) is 0 Å². The quantitative estimate of drug-likeness (QED) is 0.164. The molecule has 7 rings (SSSR count). The Labute approximate surface area is 291 Å². The molecule has 1 aliphatic rings. The van der Waals surface area contributed by atoms with Crippen molar-refractivity contribution in [2.45, 2.75) is 26.4 Å². The fourth-order valence-corrected chi connectivity index (χ4v) is 7.59. The van der Waals surface area contributed by atoms with E-state index in [4.69, 9.17) is 19.2 Å². The maximum Gasteiger partial charge on any atom is 0.338 e. The number of esters is 1. The van der Waals surface area contributed by atoms with Gasteiger partial charge in [-0.1, -0.05) is 84.1 Å². The number of fused-ring (bicyclic) bond motifs is 2. The highest BCUT2D eigenvalue weighted by molar-refractivity contribution is 7.07. The highest BCUT2D eigenvalue weighted by atomic mass is 32.1. The summed E-state index contributed by atoms with van der Waals surface area (Å²) < 4.78 is 35.0. The molecule has 0 saturated heterocycles. The molecule has 252 valence electrons. The molecule has 0 aliphatic carbocycles. The minimum Gasteiger partial charge on any atom is -0.493 e. The van der Waals surface area contributed by atoms with Crippen LogP contribution >= 0.6 is 11.3 Å². The van der Waals surface area contributed by atoms with Gasteiger partial charge in [0.2, 0.25) is 0 Å². The van der Waals surface area contributed by atoms with Crippen molar-refractivity contribution in [3.05, 3.63) is 156 Å². The number of carbonyl (C=O) groups excluding carboxylic acids is 1. The van der Waals surface area contributed by atoms with E-state index in [1.165, 1.54) is 30.6 Å². The van der Waals surface area contributed by atoms with Crippen LogP contribution in [0.3, 0.4) is 0 Å². The van der Waals surface area contributed by atoms with Crippen LogP contribution in [0.25, 0.3) is 22.7 Å². The fraction of sp³-hybridized carbons (Fsp3) is 0.175. The minimum atomic E-state index is -0.936.